The zero-order valence-corrected chi connectivity index (χ0v) is 19.3. The van der Waals surface area contributed by atoms with Gasteiger partial charge in [0.15, 0.2) is 0 Å². The number of aromatic carboxylic acids is 1. The van der Waals surface area contributed by atoms with Gasteiger partial charge in [0.1, 0.15) is 0 Å². The highest BCUT2D eigenvalue weighted by Crippen LogP contribution is 2.23. The van der Waals surface area contributed by atoms with Crippen LogP contribution in [0.3, 0.4) is 0 Å². The number of H-pyrrole nitrogens is 1. The molecule has 0 bridgehead atoms. The number of aliphatic imine (C=N–C) groups is 1. The Balaban J connectivity index is 1.71. The molecule has 0 atom stereocenters. The molecule has 0 unspecified atom stereocenters. The molecular formula is C24H22ClN5O3. The molecule has 33 heavy (non-hydrogen) atoms. The van der Waals surface area contributed by atoms with E-state index in [2.05, 4.69) is 15.2 Å². The second kappa shape index (κ2) is 8.55. The summed E-state index contributed by atoms with van der Waals surface area (Å²) in [5.74, 6) is -1.09. The van der Waals surface area contributed by atoms with Gasteiger partial charge in [-0.05, 0) is 69.7 Å². The molecule has 0 amide bonds. The Morgan fingerprint density at radius 3 is 2.52 bits per heavy atom. The number of nitrogens with zero attached hydrogens (tertiary/aromatic N) is 4. The predicted molar refractivity (Wildman–Crippen MR) is 128 cm³/mol. The fourth-order valence-electron chi connectivity index (χ4n) is 3.59. The maximum atomic E-state index is 13.0. The zero-order valence-electron chi connectivity index (χ0n) is 18.5. The van der Waals surface area contributed by atoms with Crippen molar-refractivity contribution in [1.29, 1.82) is 0 Å². The number of aromatic nitrogens is 4. The van der Waals surface area contributed by atoms with Gasteiger partial charge in [0.2, 0.25) is 0 Å². The fourth-order valence-corrected chi connectivity index (χ4v) is 3.76. The molecule has 2 aromatic heterocycles. The summed E-state index contributed by atoms with van der Waals surface area (Å²) in [4.78, 5) is 29.2. The first kappa shape index (κ1) is 22.3. The van der Waals surface area contributed by atoms with Crippen molar-refractivity contribution in [2.45, 2.75) is 27.7 Å². The molecule has 0 spiro atoms. The number of carbonyl (C=O) groups is 1. The van der Waals surface area contributed by atoms with Gasteiger partial charge >= 0.3 is 5.97 Å². The van der Waals surface area contributed by atoms with Gasteiger partial charge in [0, 0.05) is 22.6 Å². The molecule has 4 aromatic rings. The normalized spacial score (nSPS) is 11.4. The first-order valence-corrected chi connectivity index (χ1v) is 10.6. The van der Waals surface area contributed by atoms with Gasteiger partial charge in [0.25, 0.3) is 5.56 Å². The van der Waals surface area contributed by atoms with E-state index < -0.39 is 5.97 Å². The van der Waals surface area contributed by atoms with Gasteiger partial charge in [-0.15, -0.1) is 0 Å². The van der Waals surface area contributed by atoms with Crippen LogP contribution in [0.4, 0.5) is 5.69 Å². The third kappa shape index (κ3) is 4.25. The average molecular weight is 464 g/mol. The third-order valence-electron chi connectivity index (χ3n) is 5.32. The van der Waals surface area contributed by atoms with E-state index in [0.717, 1.165) is 17.0 Å². The Hall–Kier alpha value is -3.91. The Labute approximate surface area is 194 Å². The number of halogens is 1. The minimum atomic E-state index is -1.09. The number of rotatable bonds is 5. The summed E-state index contributed by atoms with van der Waals surface area (Å²) in [7, 11) is 0. The quantitative estimate of drug-likeness (QED) is 0.419. The summed E-state index contributed by atoms with van der Waals surface area (Å²) >= 11 is 6.20. The van der Waals surface area contributed by atoms with Gasteiger partial charge < -0.3 is 5.11 Å². The molecular weight excluding hydrogens is 442 g/mol. The fraction of sp³-hybridized carbons (Fsp3) is 0.167. The van der Waals surface area contributed by atoms with Crippen LogP contribution in [0.25, 0.3) is 11.4 Å². The number of hydrogen-bond donors (Lipinski definition) is 2. The van der Waals surface area contributed by atoms with E-state index in [9.17, 15) is 14.7 Å². The SMILES string of the molecule is Cc1cc(C)n(-c2ccc(N=Cc3c(C)[nH]n(-c4ccc(C)c(Cl)c4)c3=O)cc2C(=O)O)n1. The van der Waals surface area contributed by atoms with E-state index in [1.165, 1.54) is 17.0 Å². The van der Waals surface area contributed by atoms with Gasteiger partial charge in [0.05, 0.1) is 33.9 Å². The highest BCUT2D eigenvalue weighted by molar-refractivity contribution is 6.31. The number of aromatic amines is 1. The van der Waals surface area contributed by atoms with Crippen LogP contribution in [0, 0.1) is 27.7 Å². The highest BCUT2D eigenvalue weighted by Gasteiger charge is 2.16. The summed E-state index contributed by atoms with van der Waals surface area (Å²) < 4.78 is 2.99. The first-order valence-electron chi connectivity index (χ1n) is 10.2. The van der Waals surface area contributed by atoms with Crippen molar-refractivity contribution in [2.75, 3.05) is 0 Å². The third-order valence-corrected chi connectivity index (χ3v) is 5.73. The maximum Gasteiger partial charge on any atom is 0.337 e. The molecule has 168 valence electrons. The molecule has 0 radical (unpaired) electrons. The van der Waals surface area contributed by atoms with E-state index >= 15 is 0 Å². The lowest BCUT2D eigenvalue weighted by Crippen LogP contribution is -2.17. The lowest BCUT2D eigenvalue weighted by molar-refractivity contribution is 0.0696. The van der Waals surface area contributed by atoms with Gasteiger partial charge in [-0.1, -0.05) is 17.7 Å². The molecule has 2 N–H and O–H groups in total. The van der Waals surface area contributed by atoms with Crippen LogP contribution in [0.15, 0.2) is 52.3 Å². The summed E-state index contributed by atoms with van der Waals surface area (Å²) in [5, 5.41) is 17.7. The number of hydrogen-bond acceptors (Lipinski definition) is 4. The Bertz CT molecular complexity index is 1480. The Morgan fingerprint density at radius 1 is 1.12 bits per heavy atom. The number of carboxylic acids is 1. The zero-order chi connectivity index (χ0) is 23.9. The average Bonchev–Trinajstić information content (AvgIpc) is 3.25. The lowest BCUT2D eigenvalue weighted by Gasteiger charge is -2.09. The van der Waals surface area contributed by atoms with Gasteiger partial charge in [-0.3, -0.25) is 14.9 Å². The van der Waals surface area contributed by atoms with Crippen LogP contribution in [0.5, 0.6) is 0 Å². The van der Waals surface area contributed by atoms with E-state index in [1.54, 1.807) is 35.9 Å². The number of carboxylic acid groups (broad SMARTS) is 1. The standard InChI is InChI=1S/C24H22ClN5O3/c1-13-5-7-18(11-21(13)25)30-23(31)20(16(4)28-30)12-26-17-6-8-22(19(10-17)24(32)33)29-15(3)9-14(2)27-29/h5-12,28H,1-4H3,(H,32,33). The molecule has 2 aromatic carbocycles. The second-order valence-corrected chi connectivity index (χ2v) is 8.24. The minimum Gasteiger partial charge on any atom is -0.478 e. The Kier molecular flexibility index (Phi) is 5.78. The van der Waals surface area contributed by atoms with Gasteiger partial charge in [-0.2, -0.15) is 5.10 Å². The molecule has 0 aliphatic carbocycles. The van der Waals surface area contributed by atoms with Crippen molar-refractivity contribution >= 4 is 29.5 Å². The van der Waals surface area contributed by atoms with E-state index in [1.807, 2.05) is 32.9 Å². The molecule has 2 heterocycles. The first-order chi connectivity index (χ1) is 15.7. The van der Waals surface area contributed by atoms with Crippen molar-refractivity contribution in [3.05, 3.63) is 91.6 Å². The minimum absolute atomic E-state index is 0.0633. The summed E-state index contributed by atoms with van der Waals surface area (Å²) in [5.41, 5.74) is 4.76. The highest BCUT2D eigenvalue weighted by atomic mass is 35.5. The lowest BCUT2D eigenvalue weighted by atomic mass is 10.1. The maximum absolute atomic E-state index is 13.0. The monoisotopic (exact) mass is 463 g/mol. The summed E-state index contributed by atoms with van der Waals surface area (Å²) in [6, 6.07) is 12.0. The van der Waals surface area contributed by atoms with E-state index in [0.29, 0.717) is 33.3 Å². The number of nitrogens with one attached hydrogen (secondary N) is 1. The van der Waals surface area contributed by atoms with Crippen molar-refractivity contribution in [1.82, 2.24) is 19.6 Å². The van der Waals surface area contributed by atoms with Crippen LogP contribution >= 0.6 is 11.6 Å². The van der Waals surface area contributed by atoms with Crippen LogP contribution in [0.1, 0.15) is 38.6 Å². The van der Waals surface area contributed by atoms with Crippen molar-refractivity contribution in [3.63, 3.8) is 0 Å². The predicted octanol–water partition coefficient (Wildman–Crippen LogP) is 4.69. The molecule has 4 rings (SSSR count). The van der Waals surface area contributed by atoms with Crippen LogP contribution in [-0.2, 0) is 0 Å². The molecule has 0 aliphatic rings. The second-order valence-electron chi connectivity index (χ2n) is 7.83. The Morgan fingerprint density at radius 2 is 1.88 bits per heavy atom. The van der Waals surface area contributed by atoms with E-state index in [4.69, 9.17) is 11.6 Å². The van der Waals surface area contributed by atoms with Crippen LogP contribution in [0.2, 0.25) is 5.02 Å². The molecule has 0 aliphatic heterocycles. The molecule has 0 saturated heterocycles. The molecule has 8 nitrogen and oxygen atoms in total. The van der Waals surface area contributed by atoms with Crippen molar-refractivity contribution in [3.8, 4) is 11.4 Å². The largest absolute Gasteiger partial charge is 0.478 e. The number of aryl methyl sites for hydroxylation is 4. The smallest absolute Gasteiger partial charge is 0.337 e. The van der Waals surface area contributed by atoms with Crippen molar-refractivity contribution < 1.29 is 9.90 Å². The van der Waals surface area contributed by atoms with Crippen LogP contribution in [-0.4, -0.2) is 36.9 Å². The molecule has 0 fully saturated rings. The number of benzene rings is 2. The van der Waals surface area contributed by atoms with E-state index in [-0.39, 0.29) is 11.1 Å². The topological polar surface area (TPSA) is 105 Å². The van der Waals surface area contributed by atoms with Crippen LogP contribution < -0.4 is 5.56 Å². The summed E-state index contributed by atoms with van der Waals surface area (Å²) in [6.07, 6.45) is 1.43. The van der Waals surface area contributed by atoms with Crippen molar-refractivity contribution in [2.24, 2.45) is 4.99 Å². The van der Waals surface area contributed by atoms with Gasteiger partial charge in [-0.25, -0.2) is 14.2 Å². The molecule has 9 heteroatoms. The molecule has 0 saturated carbocycles. The summed E-state index contributed by atoms with van der Waals surface area (Å²) in [6.45, 7) is 7.36.